The molecule has 56 heavy (non-hydrogen) atoms. The lowest BCUT2D eigenvalue weighted by Gasteiger charge is -2.29. The standard InChI is InChI=1S/C54H35NS/c1-2-14-37(15-3-1)45-33-30-40(50-34-39-17-5-7-20-44(39)46-21-8-9-22-47(46)50)35-52(45)55(51-26-13-25-49-48-23-10-11-27-53(48)56-54(49)51)41-31-28-38(29-32-41)43-24-12-18-36-16-4-6-19-42(36)43/h1-35H. The monoisotopic (exact) mass is 729 g/mol. The maximum atomic E-state index is 2.50. The molecule has 11 rings (SSSR count). The van der Waals surface area contributed by atoms with Crippen molar-refractivity contribution in [2.75, 3.05) is 4.90 Å². The molecule has 262 valence electrons. The summed E-state index contributed by atoms with van der Waals surface area (Å²) in [6.45, 7) is 0. The summed E-state index contributed by atoms with van der Waals surface area (Å²) in [4.78, 5) is 2.50. The Balaban J connectivity index is 1.19. The van der Waals surface area contributed by atoms with Crippen molar-refractivity contribution in [3.63, 3.8) is 0 Å². The normalized spacial score (nSPS) is 11.6. The van der Waals surface area contributed by atoms with Crippen LogP contribution in [0.25, 0.3) is 85.9 Å². The zero-order chi connectivity index (χ0) is 37.0. The van der Waals surface area contributed by atoms with E-state index in [0.29, 0.717) is 0 Å². The van der Waals surface area contributed by atoms with E-state index in [1.165, 1.54) is 91.6 Å². The summed E-state index contributed by atoms with van der Waals surface area (Å²) in [6.07, 6.45) is 0. The van der Waals surface area contributed by atoms with Crippen molar-refractivity contribution >= 4 is 80.9 Å². The second-order valence-corrected chi connectivity index (χ2v) is 15.5. The van der Waals surface area contributed by atoms with Gasteiger partial charge in [0.15, 0.2) is 0 Å². The fraction of sp³-hybridized carbons (Fsp3) is 0. The van der Waals surface area contributed by atoms with Crippen LogP contribution in [-0.2, 0) is 0 Å². The van der Waals surface area contributed by atoms with Gasteiger partial charge in [-0.3, -0.25) is 0 Å². The van der Waals surface area contributed by atoms with E-state index in [2.05, 4.69) is 217 Å². The molecule has 0 aliphatic heterocycles. The van der Waals surface area contributed by atoms with Crippen molar-refractivity contribution in [1.82, 2.24) is 0 Å². The molecule has 1 heterocycles. The maximum Gasteiger partial charge on any atom is 0.0640 e. The zero-order valence-electron chi connectivity index (χ0n) is 30.6. The van der Waals surface area contributed by atoms with E-state index < -0.39 is 0 Å². The Morgan fingerprint density at radius 3 is 1.75 bits per heavy atom. The summed E-state index contributed by atoms with van der Waals surface area (Å²) >= 11 is 1.87. The summed E-state index contributed by atoms with van der Waals surface area (Å²) in [5.74, 6) is 0. The average Bonchev–Trinajstić information content (AvgIpc) is 3.66. The first kappa shape index (κ1) is 32.4. The lowest BCUT2D eigenvalue weighted by Crippen LogP contribution is -2.11. The van der Waals surface area contributed by atoms with Crippen molar-refractivity contribution in [1.29, 1.82) is 0 Å². The molecule has 1 nitrogen and oxygen atoms in total. The fourth-order valence-corrected chi connectivity index (χ4v) is 9.83. The molecular weight excluding hydrogens is 695 g/mol. The molecule has 0 saturated carbocycles. The highest BCUT2D eigenvalue weighted by Crippen LogP contribution is 2.49. The van der Waals surface area contributed by atoms with E-state index in [1.54, 1.807) is 0 Å². The van der Waals surface area contributed by atoms with Crippen LogP contribution in [0.1, 0.15) is 0 Å². The summed E-state index contributed by atoms with van der Waals surface area (Å²) in [7, 11) is 0. The van der Waals surface area contributed by atoms with Crippen LogP contribution in [0.5, 0.6) is 0 Å². The summed E-state index contributed by atoms with van der Waals surface area (Å²) in [5.41, 5.74) is 10.6. The molecule has 0 unspecified atom stereocenters. The Morgan fingerprint density at radius 2 is 0.911 bits per heavy atom. The number of fused-ring (bicyclic) bond motifs is 7. The molecule has 0 saturated heterocycles. The largest absolute Gasteiger partial charge is 0.308 e. The van der Waals surface area contributed by atoms with E-state index >= 15 is 0 Å². The zero-order valence-corrected chi connectivity index (χ0v) is 31.4. The van der Waals surface area contributed by atoms with Gasteiger partial charge in [0, 0.05) is 26.7 Å². The van der Waals surface area contributed by atoms with Crippen LogP contribution in [0.15, 0.2) is 212 Å². The van der Waals surface area contributed by atoms with Gasteiger partial charge in [-0.05, 0) is 96.5 Å². The lowest BCUT2D eigenvalue weighted by atomic mass is 9.91. The van der Waals surface area contributed by atoms with Gasteiger partial charge >= 0.3 is 0 Å². The van der Waals surface area contributed by atoms with Gasteiger partial charge < -0.3 is 4.90 Å². The van der Waals surface area contributed by atoms with E-state index in [4.69, 9.17) is 0 Å². The molecule has 0 fully saturated rings. The first-order valence-electron chi connectivity index (χ1n) is 19.2. The van der Waals surface area contributed by atoms with Crippen LogP contribution in [0, 0.1) is 0 Å². The number of thiophene rings is 1. The van der Waals surface area contributed by atoms with Crippen molar-refractivity contribution < 1.29 is 0 Å². The Kier molecular flexibility index (Phi) is 7.75. The van der Waals surface area contributed by atoms with Crippen LogP contribution in [0.3, 0.4) is 0 Å². The predicted octanol–water partition coefficient (Wildman–Crippen LogP) is 16.0. The van der Waals surface area contributed by atoms with Crippen LogP contribution in [0.2, 0.25) is 0 Å². The molecular formula is C54H35NS. The van der Waals surface area contributed by atoms with E-state index in [-0.39, 0.29) is 0 Å². The van der Waals surface area contributed by atoms with Crippen LogP contribution in [-0.4, -0.2) is 0 Å². The Morgan fingerprint density at radius 1 is 0.304 bits per heavy atom. The number of benzene rings is 10. The summed E-state index contributed by atoms with van der Waals surface area (Å²) in [6, 6.07) is 77.8. The molecule has 0 atom stereocenters. The third kappa shape index (κ3) is 5.38. The second-order valence-electron chi connectivity index (χ2n) is 14.4. The molecule has 0 aliphatic carbocycles. The van der Waals surface area contributed by atoms with Gasteiger partial charge in [0.2, 0.25) is 0 Å². The van der Waals surface area contributed by atoms with Gasteiger partial charge in [0.1, 0.15) is 0 Å². The Hall–Kier alpha value is -7.00. The number of nitrogens with zero attached hydrogens (tertiary/aromatic N) is 1. The Labute approximate surface area is 330 Å². The van der Waals surface area contributed by atoms with Crippen molar-refractivity contribution in [3.05, 3.63) is 212 Å². The smallest absolute Gasteiger partial charge is 0.0640 e. The van der Waals surface area contributed by atoms with Crippen LogP contribution in [0.4, 0.5) is 17.1 Å². The highest BCUT2D eigenvalue weighted by atomic mass is 32.1. The minimum Gasteiger partial charge on any atom is -0.308 e. The predicted molar refractivity (Wildman–Crippen MR) is 243 cm³/mol. The van der Waals surface area contributed by atoms with Gasteiger partial charge in [-0.1, -0.05) is 176 Å². The first-order chi connectivity index (χ1) is 27.8. The van der Waals surface area contributed by atoms with Gasteiger partial charge in [-0.15, -0.1) is 11.3 Å². The number of hydrogen-bond acceptors (Lipinski definition) is 2. The van der Waals surface area contributed by atoms with Crippen molar-refractivity contribution in [2.24, 2.45) is 0 Å². The minimum absolute atomic E-state index is 1.11. The number of anilines is 3. The van der Waals surface area contributed by atoms with Gasteiger partial charge in [-0.2, -0.15) is 0 Å². The highest BCUT2D eigenvalue weighted by molar-refractivity contribution is 7.26. The molecule has 0 radical (unpaired) electrons. The fourth-order valence-electron chi connectivity index (χ4n) is 8.62. The molecule has 0 N–H and O–H groups in total. The molecule has 11 aromatic rings. The number of hydrogen-bond donors (Lipinski definition) is 0. The summed E-state index contributed by atoms with van der Waals surface area (Å²) < 4.78 is 2.56. The second kappa shape index (κ2) is 13.4. The average molecular weight is 730 g/mol. The molecule has 0 amide bonds. The molecule has 10 aromatic carbocycles. The quantitative estimate of drug-likeness (QED) is 0.154. The Bertz CT molecular complexity index is 3240. The minimum atomic E-state index is 1.11. The third-order valence-corrected chi connectivity index (χ3v) is 12.5. The van der Waals surface area contributed by atoms with Crippen molar-refractivity contribution in [3.8, 4) is 33.4 Å². The third-order valence-electron chi connectivity index (χ3n) is 11.3. The first-order valence-corrected chi connectivity index (χ1v) is 20.0. The van der Waals surface area contributed by atoms with Gasteiger partial charge in [-0.25, -0.2) is 0 Å². The molecule has 1 aromatic heterocycles. The van der Waals surface area contributed by atoms with Crippen LogP contribution < -0.4 is 4.90 Å². The highest BCUT2D eigenvalue weighted by Gasteiger charge is 2.23. The van der Waals surface area contributed by atoms with Gasteiger partial charge in [0.25, 0.3) is 0 Å². The topological polar surface area (TPSA) is 3.24 Å². The SMILES string of the molecule is c1ccc(-c2ccc(-c3cc4ccccc4c4ccccc34)cc2N(c2ccc(-c3cccc4ccccc34)cc2)c2cccc3c2sc2ccccc23)cc1. The number of rotatable bonds is 6. The van der Waals surface area contributed by atoms with Crippen LogP contribution >= 0.6 is 11.3 Å². The summed E-state index contributed by atoms with van der Waals surface area (Å²) in [5, 5.41) is 10.1. The molecule has 2 heteroatoms. The van der Waals surface area contributed by atoms with E-state index in [9.17, 15) is 0 Å². The maximum absolute atomic E-state index is 2.50. The molecule has 0 spiro atoms. The van der Waals surface area contributed by atoms with Gasteiger partial charge in [0.05, 0.1) is 16.1 Å². The van der Waals surface area contributed by atoms with Crippen molar-refractivity contribution in [2.45, 2.75) is 0 Å². The van der Waals surface area contributed by atoms with E-state index in [1.807, 2.05) is 11.3 Å². The van der Waals surface area contributed by atoms with E-state index in [0.717, 1.165) is 11.4 Å². The molecule has 0 bridgehead atoms. The lowest BCUT2D eigenvalue weighted by molar-refractivity contribution is 1.30. The molecule has 0 aliphatic rings.